The Balaban J connectivity index is 0.000000204. The number of hydrogen-bond acceptors (Lipinski definition) is 11. The van der Waals surface area contributed by atoms with Crippen molar-refractivity contribution in [3.8, 4) is 0 Å². The molecule has 6 rings (SSSR count). The van der Waals surface area contributed by atoms with Crippen LogP contribution in [0.4, 0.5) is 23.4 Å². The van der Waals surface area contributed by atoms with E-state index in [2.05, 4.69) is 25.1 Å². The number of anilines is 1. The SMILES string of the molecule is CC(Cn1cnc2c(N)ncnc21)OCP(NC(C)(C)C=O)NC(C)(C)C=O.COCC1CC2(C1)CC(F)(F)C2.COCC1CC2(C1)CC(F)(F)C2. The number of carbonyl (C=O) groups excluding carboxylic acids is 2. The van der Waals surface area contributed by atoms with Crippen molar-refractivity contribution >= 4 is 37.8 Å². The highest BCUT2D eigenvalue weighted by molar-refractivity contribution is 7.53. The number of nitrogen functional groups attached to an aromatic ring is 1. The second kappa shape index (κ2) is 16.6. The number of nitrogens with zero attached hydrogens (tertiary/aromatic N) is 4. The fourth-order valence-corrected chi connectivity index (χ4v) is 10.2. The molecule has 17 heteroatoms. The van der Waals surface area contributed by atoms with Crippen molar-refractivity contribution in [3.63, 3.8) is 0 Å². The van der Waals surface area contributed by atoms with Gasteiger partial charge in [0.05, 0.1) is 44.6 Å². The highest BCUT2D eigenvalue weighted by Crippen LogP contribution is 2.65. The van der Waals surface area contributed by atoms with E-state index < -0.39 is 31.1 Å². The Morgan fingerprint density at radius 2 is 1.35 bits per heavy atom. The first-order chi connectivity index (χ1) is 24.2. The van der Waals surface area contributed by atoms with E-state index in [-0.39, 0.29) is 42.6 Å². The number of halogens is 4. The van der Waals surface area contributed by atoms with Crippen molar-refractivity contribution in [2.75, 3.05) is 39.5 Å². The van der Waals surface area contributed by atoms with Crippen LogP contribution in [0.1, 0.15) is 86.0 Å². The summed E-state index contributed by atoms with van der Waals surface area (Å²) in [6, 6.07) is 0. The van der Waals surface area contributed by atoms with Gasteiger partial charge in [0.2, 0.25) is 11.8 Å². The number of nitrogens with two attached hydrogens (primary N) is 1. The third-order valence-electron chi connectivity index (χ3n) is 10.0. The zero-order chi connectivity index (χ0) is 38.6. The largest absolute Gasteiger partial charge is 0.384 e. The average Bonchev–Trinajstić information content (AvgIpc) is 3.40. The average molecular weight is 762 g/mol. The molecule has 0 aromatic carbocycles. The molecule has 294 valence electrons. The van der Waals surface area contributed by atoms with E-state index in [1.807, 2.05) is 11.5 Å². The van der Waals surface area contributed by atoms with Crippen LogP contribution in [0.2, 0.25) is 0 Å². The Morgan fingerprint density at radius 3 is 1.75 bits per heavy atom. The molecular formula is C35H56F4N7O5P. The quantitative estimate of drug-likeness (QED) is 0.109. The molecule has 4 N–H and O–H groups in total. The fourth-order valence-electron chi connectivity index (χ4n) is 8.11. The summed E-state index contributed by atoms with van der Waals surface area (Å²) in [5, 5.41) is 6.46. The number of aldehydes is 2. The second-order valence-electron chi connectivity index (χ2n) is 16.6. The third kappa shape index (κ3) is 11.3. The minimum atomic E-state index is -2.35. The number of rotatable bonds is 15. The molecule has 0 amide bonds. The van der Waals surface area contributed by atoms with Crippen molar-refractivity contribution in [2.24, 2.45) is 22.7 Å². The third-order valence-corrected chi connectivity index (χ3v) is 12.1. The molecule has 0 aliphatic heterocycles. The molecule has 52 heavy (non-hydrogen) atoms. The van der Waals surface area contributed by atoms with Crippen molar-refractivity contribution in [1.82, 2.24) is 29.7 Å². The van der Waals surface area contributed by atoms with E-state index in [9.17, 15) is 27.2 Å². The number of nitrogens with one attached hydrogen (secondary N) is 2. The number of methoxy groups -OCH3 is 2. The van der Waals surface area contributed by atoms with Crippen LogP contribution in [-0.2, 0) is 30.3 Å². The Bertz CT molecular complexity index is 1420. The maximum Gasteiger partial charge on any atom is 0.249 e. The molecule has 1 atom stereocenters. The molecular weight excluding hydrogens is 705 g/mol. The van der Waals surface area contributed by atoms with Gasteiger partial charge in [-0.25, -0.2) is 32.5 Å². The molecule has 0 radical (unpaired) electrons. The van der Waals surface area contributed by atoms with E-state index in [0.717, 1.165) is 51.5 Å². The molecule has 2 heterocycles. The molecule has 4 saturated carbocycles. The lowest BCUT2D eigenvalue weighted by Gasteiger charge is -2.57. The lowest BCUT2D eigenvalue weighted by molar-refractivity contribution is -0.211. The highest BCUT2D eigenvalue weighted by Gasteiger charge is 2.62. The van der Waals surface area contributed by atoms with Gasteiger partial charge in [0.1, 0.15) is 24.4 Å². The number of aromatic nitrogens is 4. The van der Waals surface area contributed by atoms with Crippen LogP contribution in [0.15, 0.2) is 12.7 Å². The number of alkyl halides is 4. The number of fused-ring (bicyclic) bond motifs is 1. The zero-order valence-electron chi connectivity index (χ0n) is 31.4. The molecule has 4 aliphatic rings. The number of ether oxygens (including phenoxy) is 3. The van der Waals surface area contributed by atoms with Crippen LogP contribution < -0.4 is 15.9 Å². The maximum absolute atomic E-state index is 12.5. The van der Waals surface area contributed by atoms with Gasteiger partial charge in [0.25, 0.3) is 0 Å². The first-order valence-corrected chi connectivity index (χ1v) is 19.2. The lowest BCUT2D eigenvalue weighted by Crippen LogP contribution is -2.54. The Labute approximate surface area is 305 Å². The van der Waals surface area contributed by atoms with Gasteiger partial charge in [-0.1, -0.05) is 0 Å². The summed E-state index contributed by atoms with van der Waals surface area (Å²) in [5.41, 5.74) is 5.58. The van der Waals surface area contributed by atoms with E-state index in [0.29, 0.717) is 41.7 Å². The Morgan fingerprint density at radius 1 is 0.885 bits per heavy atom. The topological polar surface area (TPSA) is 156 Å². The van der Waals surface area contributed by atoms with Gasteiger partial charge < -0.3 is 34.1 Å². The predicted molar refractivity (Wildman–Crippen MR) is 191 cm³/mol. The fraction of sp³-hybridized carbons (Fsp3) is 0.800. The van der Waals surface area contributed by atoms with E-state index >= 15 is 0 Å². The van der Waals surface area contributed by atoms with E-state index in [4.69, 9.17) is 19.9 Å². The Kier molecular flexibility index (Phi) is 13.5. The van der Waals surface area contributed by atoms with Crippen LogP contribution in [0.25, 0.3) is 11.2 Å². The van der Waals surface area contributed by atoms with E-state index in [1.54, 1.807) is 48.2 Å². The van der Waals surface area contributed by atoms with Crippen molar-refractivity contribution in [3.05, 3.63) is 12.7 Å². The number of carbonyl (C=O) groups is 2. The molecule has 4 fully saturated rings. The predicted octanol–water partition coefficient (Wildman–Crippen LogP) is 6.13. The van der Waals surface area contributed by atoms with Gasteiger partial charge in [-0.3, -0.25) is 10.2 Å². The maximum atomic E-state index is 12.5. The Hall–Kier alpha value is -2.36. The smallest absolute Gasteiger partial charge is 0.249 e. The normalized spacial score (nSPS) is 21.8. The van der Waals surface area contributed by atoms with Crippen molar-refractivity contribution in [1.29, 1.82) is 0 Å². The summed E-state index contributed by atoms with van der Waals surface area (Å²) in [5.74, 6) is -3.27. The van der Waals surface area contributed by atoms with Gasteiger partial charge in [-0.05, 0) is 83.0 Å². The summed E-state index contributed by atoms with van der Waals surface area (Å²) < 4.78 is 67.9. The first kappa shape index (κ1) is 42.4. The molecule has 0 saturated heterocycles. The minimum Gasteiger partial charge on any atom is -0.384 e. The summed E-state index contributed by atoms with van der Waals surface area (Å²) in [7, 11) is 2.20. The summed E-state index contributed by atoms with van der Waals surface area (Å²) in [6.45, 7) is 11.0. The zero-order valence-corrected chi connectivity index (χ0v) is 32.3. The van der Waals surface area contributed by atoms with Gasteiger partial charge >= 0.3 is 0 Å². The standard InChI is InChI=1S/C17H28N7O3P.2C9H14F2O/c1-12(6-24-10-21-13-14(18)19-9-20-15(13)24)27-11-28(22-16(2,3)7-25)23-17(4,5)8-26;2*1-12-4-7-2-8(3-7)5-9(10,11)6-8/h7-10,12,22-23H,6,11H2,1-5H3,(H2,18,19,20);2*7H,2-6H2,1H3. The lowest BCUT2D eigenvalue weighted by atomic mass is 9.50. The number of hydrogen-bond donors (Lipinski definition) is 3. The van der Waals surface area contributed by atoms with Crippen molar-refractivity contribution < 1.29 is 41.4 Å². The highest BCUT2D eigenvalue weighted by atomic mass is 31.1. The van der Waals surface area contributed by atoms with Gasteiger partial charge in [-0.15, -0.1) is 0 Å². The molecule has 2 spiro atoms. The monoisotopic (exact) mass is 761 g/mol. The summed E-state index contributed by atoms with van der Waals surface area (Å²) in [4.78, 5) is 35.0. The minimum absolute atomic E-state index is 0.0205. The van der Waals surface area contributed by atoms with Gasteiger partial charge in [0, 0.05) is 53.1 Å². The number of imidazole rings is 1. The molecule has 1 unspecified atom stereocenters. The molecule has 2 aromatic heterocycles. The summed E-state index contributed by atoms with van der Waals surface area (Å²) >= 11 is 0. The van der Waals surface area contributed by atoms with Crippen LogP contribution in [-0.4, -0.2) is 94.9 Å². The first-order valence-electron chi connectivity index (χ1n) is 17.7. The van der Waals surface area contributed by atoms with Gasteiger partial charge in [-0.2, -0.15) is 0 Å². The molecule has 0 bridgehead atoms. The van der Waals surface area contributed by atoms with Crippen LogP contribution in [0.3, 0.4) is 0 Å². The van der Waals surface area contributed by atoms with Crippen LogP contribution in [0.5, 0.6) is 0 Å². The molecule has 4 aliphatic carbocycles. The molecule has 12 nitrogen and oxygen atoms in total. The van der Waals surface area contributed by atoms with Gasteiger partial charge in [0.15, 0.2) is 11.5 Å². The van der Waals surface area contributed by atoms with E-state index in [1.165, 1.54) is 6.33 Å². The summed E-state index contributed by atoms with van der Waals surface area (Å²) in [6.07, 6.45) is 9.19. The molecule has 2 aromatic rings. The van der Waals surface area contributed by atoms with Crippen molar-refractivity contribution in [2.45, 2.75) is 122 Å². The second-order valence-corrected chi connectivity index (χ2v) is 18.2. The van der Waals surface area contributed by atoms with Crippen LogP contribution in [0, 0.1) is 22.7 Å². The van der Waals surface area contributed by atoms with Crippen LogP contribution >= 0.6 is 8.22 Å².